The van der Waals surface area contributed by atoms with Gasteiger partial charge in [0.2, 0.25) is 0 Å². The molecule has 4 nitrogen and oxygen atoms in total. The fourth-order valence-corrected chi connectivity index (χ4v) is 8.68. The number of carboxylic acids is 1. The van der Waals surface area contributed by atoms with E-state index in [1.54, 1.807) is 0 Å². The van der Waals surface area contributed by atoms with E-state index in [9.17, 15) is 14.7 Å². The van der Waals surface area contributed by atoms with E-state index in [4.69, 9.17) is 4.74 Å². The number of rotatable bonds is 1. The number of carbonyl (C=O) groups is 2. The van der Waals surface area contributed by atoms with Gasteiger partial charge in [0.1, 0.15) is 5.78 Å². The summed E-state index contributed by atoms with van der Waals surface area (Å²) in [5, 5.41) is 10.4. The molecule has 29 heavy (non-hydrogen) atoms. The van der Waals surface area contributed by atoms with Gasteiger partial charge in [-0.25, -0.2) is 0 Å². The molecular formula is C25H36O4. The van der Waals surface area contributed by atoms with Crippen LogP contribution in [0.5, 0.6) is 0 Å². The van der Waals surface area contributed by atoms with Crippen LogP contribution in [-0.2, 0) is 14.3 Å². The molecule has 0 spiro atoms. The van der Waals surface area contributed by atoms with Crippen molar-refractivity contribution < 1.29 is 19.4 Å². The van der Waals surface area contributed by atoms with Crippen LogP contribution in [0.25, 0.3) is 0 Å². The van der Waals surface area contributed by atoms with Gasteiger partial charge in [-0.3, -0.25) is 9.59 Å². The molecule has 0 aromatic heterocycles. The molecule has 1 aliphatic heterocycles. The number of carboxylic acid groups (broad SMARTS) is 1. The lowest BCUT2D eigenvalue weighted by molar-refractivity contribution is -0.177. The second-order valence-electron chi connectivity index (χ2n) is 11.8. The first-order valence-electron chi connectivity index (χ1n) is 11.7. The summed E-state index contributed by atoms with van der Waals surface area (Å²) in [6, 6.07) is 0. The maximum atomic E-state index is 13.7. The quantitative estimate of drug-likeness (QED) is 0.628. The third kappa shape index (κ3) is 2.30. The fourth-order valence-electron chi connectivity index (χ4n) is 8.68. The summed E-state index contributed by atoms with van der Waals surface area (Å²) in [5.41, 5.74) is 1.49. The van der Waals surface area contributed by atoms with Gasteiger partial charge in [0, 0.05) is 22.7 Å². The Morgan fingerprint density at radius 1 is 1.10 bits per heavy atom. The minimum Gasteiger partial charge on any atom is -0.481 e. The lowest BCUT2D eigenvalue weighted by Gasteiger charge is -2.66. The lowest BCUT2D eigenvalue weighted by atomic mass is 9.39. The van der Waals surface area contributed by atoms with Crippen LogP contribution in [0.15, 0.2) is 11.1 Å². The van der Waals surface area contributed by atoms with Crippen LogP contribution in [0.1, 0.15) is 79.1 Å². The molecule has 0 aromatic rings. The van der Waals surface area contributed by atoms with Gasteiger partial charge >= 0.3 is 5.97 Å². The number of ketones is 1. The molecule has 2 bridgehead atoms. The van der Waals surface area contributed by atoms with Crippen molar-refractivity contribution in [2.45, 2.75) is 79.1 Å². The first kappa shape index (κ1) is 19.8. The van der Waals surface area contributed by atoms with E-state index in [2.05, 4.69) is 27.7 Å². The van der Waals surface area contributed by atoms with E-state index in [1.165, 1.54) is 5.57 Å². The average molecular weight is 401 g/mol. The normalized spacial score (nSPS) is 51.7. The van der Waals surface area contributed by atoms with Crippen LogP contribution >= 0.6 is 0 Å². The van der Waals surface area contributed by atoms with Gasteiger partial charge in [-0.1, -0.05) is 39.7 Å². The number of ether oxygens (including phenoxy) is 1. The SMILES string of the molecule is CC1CCC2(C)C3=C(CC(=O)C2(C)C1)C12CCCC(C)(COC1)C2CC3C(=O)O. The Balaban J connectivity index is 1.76. The van der Waals surface area contributed by atoms with Gasteiger partial charge < -0.3 is 9.84 Å². The number of fused-ring (bicyclic) bond motifs is 2. The minimum atomic E-state index is -0.683. The third-order valence-electron chi connectivity index (χ3n) is 10.4. The van der Waals surface area contributed by atoms with Gasteiger partial charge in [-0.2, -0.15) is 0 Å². The topological polar surface area (TPSA) is 63.6 Å². The summed E-state index contributed by atoms with van der Waals surface area (Å²) in [6.07, 6.45) is 7.38. The zero-order valence-corrected chi connectivity index (χ0v) is 18.5. The summed E-state index contributed by atoms with van der Waals surface area (Å²) >= 11 is 0. The zero-order chi connectivity index (χ0) is 20.8. The van der Waals surface area contributed by atoms with Crippen molar-refractivity contribution >= 4 is 11.8 Å². The highest BCUT2D eigenvalue weighted by Gasteiger charge is 2.67. The second-order valence-corrected chi connectivity index (χ2v) is 11.8. The van der Waals surface area contributed by atoms with E-state index in [1.807, 2.05) is 0 Å². The Labute approximate surface area is 174 Å². The maximum absolute atomic E-state index is 13.7. The molecule has 5 aliphatic rings. The summed E-state index contributed by atoms with van der Waals surface area (Å²) in [5.74, 6) is 0.0671. The average Bonchev–Trinajstić information content (AvgIpc) is 2.63. The van der Waals surface area contributed by atoms with Crippen LogP contribution < -0.4 is 0 Å². The first-order valence-corrected chi connectivity index (χ1v) is 11.7. The molecule has 0 amide bonds. The number of hydrogen-bond acceptors (Lipinski definition) is 3. The molecule has 7 unspecified atom stereocenters. The van der Waals surface area contributed by atoms with Crippen molar-refractivity contribution in [1.29, 1.82) is 0 Å². The Kier molecular flexibility index (Phi) is 4.07. The number of Topliss-reactive ketones (excluding diaryl/α,β-unsaturated/α-hetero) is 1. The second kappa shape index (κ2) is 5.96. The van der Waals surface area contributed by atoms with E-state index >= 15 is 0 Å². The third-order valence-corrected chi connectivity index (χ3v) is 10.4. The fraction of sp³-hybridized carbons (Fsp3) is 0.840. The van der Waals surface area contributed by atoms with Crippen LogP contribution in [0.3, 0.4) is 0 Å². The van der Waals surface area contributed by atoms with Gasteiger partial charge in [0.05, 0.1) is 19.1 Å². The van der Waals surface area contributed by atoms with Crippen LogP contribution in [0.2, 0.25) is 0 Å². The molecule has 1 heterocycles. The molecule has 2 saturated carbocycles. The summed E-state index contributed by atoms with van der Waals surface area (Å²) in [4.78, 5) is 26.3. The Morgan fingerprint density at radius 2 is 1.86 bits per heavy atom. The minimum absolute atomic E-state index is 0.0362. The molecule has 160 valence electrons. The van der Waals surface area contributed by atoms with Crippen molar-refractivity contribution in [1.82, 2.24) is 0 Å². The van der Waals surface area contributed by atoms with E-state index in [-0.39, 0.29) is 16.2 Å². The molecule has 4 aliphatic carbocycles. The largest absolute Gasteiger partial charge is 0.481 e. The molecule has 0 aromatic carbocycles. The van der Waals surface area contributed by atoms with E-state index in [0.29, 0.717) is 30.6 Å². The zero-order valence-electron chi connectivity index (χ0n) is 18.5. The van der Waals surface area contributed by atoms with E-state index < -0.39 is 17.3 Å². The van der Waals surface area contributed by atoms with Gasteiger partial charge in [0.15, 0.2) is 0 Å². The molecular weight excluding hydrogens is 364 g/mol. The summed E-state index contributed by atoms with van der Waals surface area (Å²) < 4.78 is 6.20. The molecule has 1 N–H and O–H groups in total. The highest BCUT2D eigenvalue weighted by Crippen LogP contribution is 2.71. The monoisotopic (exact) mass is 400 g/mol. The Hall–Kier alpha value is -1.16. The lowest BCUT2D eigenvalue weighted by Crippen LogP contribution is -2.63. The van der Waals surface area contributed by atoms with Gasteiger partial charge in [0.25, 0.3) is 0 Å². The highest BCUT2D eigenvalue weighted by atomic mass is 16.5. The first-order chi connectivity index (χ1) is 13.6. The predicted molar refractivity (Wildman–Crippen MR) is 110 cm³/mol. The standard InChI is InChI=1S/C25H36O4/c1-15-6-9-23(3)20-16(21(27)28)10-18-22(2)7-5-8-25(18,14-29-13-22)17(20)11-19(26)24(23,4)12-15/h15-16,18H,5-14H2,1-4H3,(H,27,28). The van der Waals surface area contributed by atoms with E-state index in [0.717, 1.165) is 57.1 Å². The van der Waals surface area contributed by atoms with Crippen molar-refractivity contribution in [3.63, 3.8) is 0 Å². The molecule has 4 heteroatoms. The van der Waals surface area contributed by atoms with Crippen molar-refractivity contribution in [2.75, 3.05) is 13.2 Å². The molecule has 5 rings (SSSR count). The van der Waals surface area contributed by atoms with Crippen molar-refractivity contribution in [3.05, 3.63) is 11.1 Å². The van der Waals surface area contributed by atoms with Crippen LogP contribution in [0.4, 0.5) is 0 Å². The van der Waals surface area contributed by atoms with Crippen molar-refractivity contribution in [3.8, 4) is 0 Å². The highest BCUT2D eigenvalue weighted by molar-refractivity contribution is 5.92. The Morgan fingerprint density at radius 3 is 2.59 bits per heavy atom. The predicted octanol–water partition coefficient (Wildman–Crippen LogP) is 5.02. The van der Waals surface area contributed by atoms with Gasteiger partial charge in [-0.15, -0.1) is 0 Å². The number of hydrogen-bond donors (Lipinski definition) is 1. The number of carbonyl (C=O) groups excluding carboxylic acids is 1. The molecule has 7 atom stereocenters. The van der Waals surface area contributed by atoms with Crippen LogP contribution in [-0.4, -0.2) is 30.1 Å². The van der Waals surface area contributed by atoms with Crippen LogP contribution in [0, 0.1) is 39.4 Å². The van der Waals surface area contributed by atoms with Gasteiger partial charge in [-0.05, 0) is 61.3 Å². The molecule has 0 radical (unpaired) electrons. The van der Waals surface area contributed by atoms with Crippen molar-refractivity contribution in [2.24, 2.45) is 39.4 Å². The summed E-state index contributed by atoms with van der Waals surface area (Å²) in [7, 11) is 0. The number of aliphatic carboxylic acids is 1. The Bertz CT molecular complexity index is 800. The summed E-state index contributed by atoms with van der Waals surface area (Å²) in [6.45, 7) is 10.3. The smallest absolute Gasteiger partial charge is 0.310 e. The molecule has 1 saturated heterocycles. The maximum Gasteiger partial charge on any atom is 0.310 e. The molecule has 3 fully saturated rings.